The minimum absolute atomic E-state index is 0.150. The lowest BCUT2D eigenvalue weighted by atomic mass is 10.0. The van der Waals surface area contributed by atoms with Crippen molar-refractivity contribution >= 4 is 21.6 Å². The number of nitrogens with zero attached hydrogens (tertiary/aromatic N) is 1. The third-order valence-electron chi connectivity index (χ3n) is 3.36. The summed E-state index contributed by atoms with van der Waals surface area (Å²) in [5.74, 6) is 0.719. The van der Waals surface area contributed by atoms with Gasteiger partial charge in [0.25, 0.3) is 0 Å². The van der Waals surface area contributed by atoms with E-state index in [9.17, 15) is 8.42 Å². The molecule has 1 aromatic carbocycles. The van der Waals surface area contributed by atoms with Gasteiger partial charge in [0.15, 0.2) is 0 Å². The number of sulfonamides is 1. The molecule has 0 radical (unpaired) electrons. The molecule has 4 nitrogen and oxygen atoms in total. The highest BCUT2D eigenvalue weighted by Gasteiger charge is 2.31. The normalized spacial score (nSPS) is 21.3. The zero-order chi connectivity index (χ0) is 14.0. The van der Waals surface area contributed by atoms with Crippen LogP contribution in [0.25, 0.3) is 0 Å². The van der Waals surface area contributed by atoms with Gasteiger partial charge in [-0.1, -0.05) is 18.5 Å². The Kier molecular flexibility index (Phi) is 4.38. The summed E-state index contributed by atoms with van der Waals surface area (Å²) in [6.45, 7) is 3.18. The van der Waals surface area contributed by atoms with Crippen LogP contribution in [0.5, 0.6) is 5.75 Å². The molecule has 1 atom stereocenters. The third-order valence-corrected chi connectivity index (χ3v) is 5.48. The lowest BCUT2D eigenvalue weighted by Gasteiger charge is -2.30. The highest BCUT2D eigenvalue weighted by Crippen LogP contribution is 2.31. The summed E-state index contributed by atoms with van der Waals surface area (Å²) in [4.78, 5) is 0.150. The van der Waals surface area contributed by atoms with Crippen molar-refractivity contribution in [2.75, 3.05) is 20.2 Å². The van der Waals surface area contributed by atoms with Gasteiger partial charge >= 0.3 is 0 Å². The van der Waals surface area contributed by atoms with Crippen LogP contribution in [0.15, 0.2) is 23.1 Å². The van der Waals surface area contributed by atoms with E-state index in [4.69, 9.17) is 16.3 Å². The van der Waals surface area contributed by atoms with Crippen LogP contribution >= 0.6 is 11.6 Å². The van der Waals surface area contributed by atoms with Gasteiger partial charge in [-0.2, -0.15) is 4.31 Å². The Morgan fingerprint density at radius 2 is 2.16 bits per heavy atom. The Morgan fingerprint density at radius 1 is 1.42 bits per heavy atom. The molecule has 1 aromatic rings. The molecule has 0 amide bonds. The maximum absolute atomic E-state index is 12.7. The molecule has 19 heavy (non-hydrogen) atoms. The minimum Gasteiger partial charge on any atom is -0.495 e. The summed E-state index contributed by atoms with van der Waals surface area (Å²) >= 11 is 5.91. The number of benzene rings is 1. The molecule has 0 spiro atoms. The van der Waals surface area contributed by atoms with Crippen LogP contribution in [0.1, 0.15) is 19.8 Å². The average Bonchev–Trinajstić information content (AvgIpc) is 2.38. The molecule has 106 valence electrons. The summed E-state index contributed by atoms with van der Waals surface area (Å²) in [6.07, 6.45) is 1.96. The van der Waals surface area contributed by atoms with E-state index in [2.05, 4.69) is 6.92 Å². The van der Waals surface area contributed by atoms with E-state index in [0.717, 1.165) is 12.8 Å². The fourth-order valence-electron chi connectivity index (χ4n) is 2.36. The Bertz CT molecular complexity index is 559. The minimum atomic E-state index is -3.54. The maximum atomic E-state index is 12.7. The second-order valence-electron chi connectivity index (χ2n) is 4.91. The maximum Gasteiger partial charge on any atom is 0.246 e. The molecule has 1 heterocycles. The lowest BCUT2D eigenvalue weighted by molar-refractivity contribution is 0.280. The van der Waals surface area contributed by atoms with E-state index in [1.165, 1.54) is 17.5 Å². The number of halogens is 1. The summed E-state index contributed by atoms with van der Waals surface area (Å²) in [6, 6.07) is 4.66. The van der Waals surface area contributed by atoms with Gasteiger partial charge in [-0.3, -0.25) is 0 Å². The Labute approximate surface area is 119 Å². The first-order chi connectivity index (χ1) is 8.95. The van der Waals surface area contributed by atoms with Crippen molar-refractivity contribution in [3.05, 3.63) is 23.2 Å². The molecule has 0 aliphatic carbocycles. The SMILES string of the molecule is COc1ccc(Cl)cc1S(=O)(=O)N1CCCC(C)C1. The van der Waals surface area contributed by atoms with Gasteiger partial charge < -0.3 is 4.74 Å². The number of hydrogen-bond acceptors (Lipinski definition) is 3. The molecule has 1 unspecified atom stereocenters. The van der Waals surface area contributed by atoms with Crippen molar-refractivity contribution in [1.29, 1.82) is 0 Å². The molecule has 1 aliphatic heterocycles. The molecule has 1 saturated heterocycles. The highest BCUT2D eigenvalue weighted by atomic mass is 35.5. The molecule has 0 bridgehead atoms. The molecule has 6 heteroatoms. The second-order valence-corrected chi connectivity index (χ2v) is 7.25. The number of piperidine rings is 1. The Morgan fingerprint density at radius 3 is 2.79 bits per heavy atom. The van der Waals surface area contributed by atoms with Crippen LogP contribution in [-0.2, 0) is 10.0 Å². The van der Waals surface area contributed by atoms with Gasteiger partial charge in [0.05, 0.1) is 7.11 Å². The molecular weight excluding hydrogens is 286 g/mol. The van der Waals surface area contributed by atoms with Crippen LogP contribution in [-0.4, -0.2) is 32.9 Å². The quantitative estimate of drug-likeness (QED) is 0.862. The predicted molar refractivity (Wildman–Crippen MR) is 75.2 cm³/mol. The number of ether oxygens (including phenoxy) is 1. The van der Waals surface area contributed by atoms with E-state index in [1.807, 2.05) is 0 Å². The average molecular weight is 304 g/mol. The molecule has 0 saturated carbocycles. The van der Waals surface area contributed by atoms with E-state index < -0.39 is 10.0 Å². The number of rotatable bonds is 3. The van der Waals surface area contributed by atoms with Crippen LogP contribution in [0.4, 0.5) is 0 Å². The van der Waals surface area contributed by atoms with E-state index in [1.54, 1.807) is 12.1 Å². The highest BCUT2D eigenvalue weighted by molar-refractivity contribution is 7.89. The summed E-state index contributed by atoms with van der Waals surface area (Å²) < 4.78 is 32.0. The Hall–Kier alpha value is -0.780. The van der Waals surface area contributed by atoms with E-state index in [0.29, 0.717) is 29.8 Å². The van der Waals surface area contributed by atoms with Crippen molar-refractivity contribution in [2.45, 2.75) is 24.7 Å². The Balaban J connectivity index is 2.41. The monoisotopic (exact) mass is 303 g/mol. The molecule has 1 fully saturated rings. The number of hydrogen-bond donors (Lipinski definition) is 0. The van der Waals surface area contributed by atoms with Crippen molar-refractivity contribution in [3.8, 4) is 5.75 Å². The molecule has 1 aliphatic rings. The number of methoxy groups -OCH3 is 1. The summed E-state index contributed by atoms with van der Waals surface area (Å²) in [5.41, 5.74) is 0. The molecular formula is C13H18ClNO3S. The fourth-order valence-corrected chi connectivity index (χ4v) is 4.37. The van der Waals surface area contributed by atoms with E-state index >= 15 is 0 Å². The zero-order valence-electron chi connectivity index (χ0n) is 11.1. The van der Waals surface area contributed by atoms with Gasteiger partial charge in [-0.25, -0.2) is 8.42 Å². The van der Waals surface area contributed by atoms with Crippen molar-refractivity contribution in [2.24, 2.45) is 5.92 Å². The van der Waals surface area contributed by atoms with Gasteiger partial charge in [0.2, 0.25) is 10.0 Å². The van der Waals surface area contributed by atoms with Crippen LogP contribution < -0.4 is 4.74 Å². The largest absolute Gasteiger partial charge is 0.495 e. The summed E-state index contributed by atoms with van der Waals surface area (Å²) in [7, 11) is -2.08. The topological polar surface area (TPSA) is 46.6 Å². The molecule has 0 aromatic heterocycles. The fraction of sp³-hybridized carbons (Fsp3) is 0.538. The first-order valence-corrected chi connectivity index (χ1v) is 8.10. The standard InChI is InChI=1S/C13H18ClNO3S/c1-10-4-3-7-15(9-10)19(16,17)13-8-11(14)5-6-12(13)18-2/h5-6,8,10H,3-4,7,9H2,1-2H3. The second kappa shape index (κ2) is 5.69. The molecule has 0 N–H and O–H groups in total. The van der Waals surface area contributed by atoms with Gasteiger partial charge in [0.1, 0.15) is 10.6 Å². The third kappa shape index (κ3) is 3.04. The van der Waals surface area contributed by atoms with Gasteiger partial charge in [-0.15, -0.1) is 0 Å². The van der Waals surface area contributed by atoms with Crippen molar-refractivity contribution in [1.82, 2.24) is 4.31 Å². The zero-order valence-corrected chi connectivity index (χ0v) is 12.7. The van der Waals surface area contributed by atoms with E-state index in [-0.39, 0.29) is 4.90 Å². The lowest BCUT2D eigenvalue weighted by Crippen LogP contribution is -2.39. The first kappa shape index (κ1) is 14.6. The van der Waals surface area contributed by atoms with Gasteiger partial charge in [0, 0.05) is 18.1 Å². The van der Waals surface area contributed by atoms with Crippen molar-refractivity contribution in [3.63, 3.8) is 0 Å². The van der Waals surface area contributed by atoms with Crippen LogP contribution in [0.3, 0.4) is 0 Å². The summed E-state index contributed by atoms with van der Waals surface area (Å²) in [5, 5.41) is 0.393. The van der Waals surface area contributed by atoms with Gasteiger partial charge in [-0.05, 0) is 37.0 Å². The van der Waals surface area contributed by atoms with Crippen LogP contribution in [0.2, 0.25) is 5.02 Å². The predicted octanol–water partition coefficient (Wildman–Crippen LogP) is 2.77. The molecule has 2 rings (SSSR count). The van der Waals surface area contributed by atoms with Crippen molar-refractivity contribution < 1.29 is 13.2 Å². The smallest absolute Gasteiger partial charge is 0.246 e. The first-order valence-electron chi connectivity index (χ1n) is 6.29. The van der Waals surface area contributed by atoms with Crippen LogP contribution in [0, 0.1) is 5.92 Å².